The van der Waals surface area contributed by atoms with Crippen molar-refractivity contribution in [2.45, 2.75) is 39.8 Å². The zero-order chi connectivity index (χ0) is 25.2. The fraction of sp³-hybridized carbons (Fsp3) is 0.310. The van der Waals surface area contributed by atoms with Crippen molar-refractivity contribution in [1.82, 2.24) is 10.2 Å². The summed E-state index contributed by atoms with van der Waals surface area (Å²) in [6.07, 6.45) is 0.397. The molecule has 1 N–H and O–H groups in total. The standard InChI is InChI=1S/C29H33ClN2O3/c1-21(2)18-31-29(34)27(17-23-9-5-4-6-10-23)32(19-24-12-14-25(30)15-13-24)28(33)20-35-26-11-7-8-22(3)16-26/h4-16,21,27H,17-20H2,1-3H3,(H,31,34)/t27-/m0/s1. The molecule has 3 rings (SSSR count). The monoisotopic (exact) mass is 492 g/mol. The molecule has 1 atom stereocenters. The molecule has 0 spiro atoms. The summed E-state index contributed by atoms with van der Waals surface area (Å²) in [7, 11) is 0. The number of benzene rings is 3. The Labute approximate surface area is 213 Å². The van der Waals surface area contributed by atoms with Gasteiger partial charge in [-0.25, -0.2) is 0 Å². The van der Waals surface area contributed by atoms with Crippen molar-refractivity contribution in [1.29, 1.82) is 0 Å². The third kappa shape index (κ3) is 8.45. The van der Waals surface area contributed by atoms with E-state index in [-0.39, 0.29) is 25.0 Å². The average molecular weight is 493 g/mol. The maximum absolute atomic E-state index is 13.5. The minimum Gasteiger partial charge on any atom is -0.484 e. The summed E-state index contributed by atoms with van der Waals surface area (Å²) in [6.45, 7) is 6.68. The number of carbonyl (C=O) groups excluding carboxylic acids is 2. The zero-order valence-electron chi connectivity index (χ0n) is 20.5. The van der Waals surface area contributed by atoms with Crippen LogP contribution in [-0.4, -0.2) is 35.9 Å². The number of nitrogens with zero attached hydrogens (tertiary/aromatic N) is 1. The Balaban J connectivity index is 1.89. The van der Waals surface area contributed by atoms with Gasteiger partial charge in [0.25, 0.3) is 5.91 Å². The van der Waals surface area contributed by atoms with Gasteiger partial charge in [-0.05, 0) is 53.8 Å². The Morgan fingerprint density at radius 3 is 2.31 bits per heavy atom. The topological polar surface area (TPSA) is 58.6 Å². The van der Waals surface area contributed by atoms with Crippen molar-refractivity contribution >= 4 is 23.4 Å². The van der Waals surface area contributed by atoms with Crippen LogP contribution in [-0.2, 0) is 22.6 Å². The smallest absolute Gasteiger partial charge is 0.261 e. The molecule has 0 saturated heterocycles. The first-order chi connectivity index (χ1) is 16.8. The van der Waals surface area contributed by atoms with Crippen LogP contribution in [0.5, 0.6) is 5.75 Å². The van der Waals surface area contributed by atoms with Gasteiger partial charge < -0.3 is 15.0 Å². The van der Waals surface area contributed by atoms with Crippen molar-refractivity contribution in [3.05, 3.63) is 101 Å². The van der Waals surface area contributed by atoms with Crippen LogP contribution in [0.25, 0.3) is 0 Å². The molecule has 0 aliphatic rings. The van der Waals surface area contributed by atoms with Gasteiger partial charge in [0.05, 0.1) is 0 Å². The van der Waals surface area contributed by atoms with Crippen LogP contribution in [0, 0.1) is 12.8 Å². The van der Waals surface area contributed by atoms with E-state index in [4.69, 9.17) is 16.3 Å². The van der Waals surface area contributed by atoms with E-state index in [1.54, 1.807) is 17.0 Å². The number of nitrogens with one attached hydrogen (secondary N) is 1. The third-order valence-corrected chi connectivity index (χ3v) is 5.83. The van der Waals surface area contributed by atoms with Crippen LogP contribution in [0.3, 0.4) is 0 Å². The molecule has 0 aliphatic heterocycles. The summed E-state index contributed by atoms with van der Waals surface area (Å²) in [5, 5.41) is 3.63. The van der Waals surface area contributed by atoms with E-state index in [9.17, 15) is 9.59 Å². The lowest BCUT2D eigenvalue weighted by atomic mass is 10.0. The van der Waals surface area contributed by atoms with E-state index in [1.165, 1.54) is 0 Å². The molecule has 0 saturated carbocycles. The first-order valence-corrected chi connectivity index (χ1v) is 12.2. The van der Waals surface area contributed by atoms with Crippen molar-refractivity contribution in [3.63, 3.8) is 0 Å². The lowest BCUT2D eigenvalue weighted by Crippen LogP contribution is -2.52. The molecule has 0 radical (unpaired) electrons. The number of hydrogen-bond donors (Lipinski definition) is 1. The second-order valence-electron chi connectivity index (χ2n) is 9.10. The highest BCUT2D eigenvalue weighted by Gasteiger charge is 2.30. The fourth-order valence-corrected chi connectivity index (χ4v) is 3.82. The molecule has 2 amide bonds. The number of halogens is 1. The van der Waals surface area contributed by atoms with Gasteiger partial charge in [0.1, 0.15) is 11.8 Å². The molecule has 0 aliphatic carbocycles. The molecule has 0 unspecified atom stereocenters. The Bertz CT molecular complexity index is 1100. The van der Waals surface area contributed by atoms with Crippen LogP contribution in [0.4, 0.5) is 0 Å². The number of rotatable bonds is 11. The number of ether oxygens (including phenoxy) is 1. The van der Waals surface area contributed by atoms with Crippen molar-refractivity contribution in [3.8, 4) is 5.75 Å². The zero-order valence-corrected chi connectivity index (χ0v) is 21.3. The van der Waals surface area contributed by atoms with Gasteiger partial charge in [0, 0.05) is 24.5 Å². The van der Waals surface area contributed by atoms with Crippen LogP contribution in [0.2, 0.25) is 5.02 Å². The first kappa shape index (κ1) is 26.3. The maximum Gasteiger partial charge on any atom is 0.261 e. The largest absolute Gasteiger partial charge is 0.484 e. The lowest BCUT2D eigenvalue weighted by molar-refractivity contribution is -0.142. The van der Waals surface area contributed by atoms with Crippen LogP contribution in [0.1, 0.15) is 30.5 Å². The first-order valence-electron chi connectivity index (χ1n) is 11.9. The van der Waals surface area contributed by atoms with Crippen LogP contribution in [0.15, 0.2) is 78.9 Å². The van der Waals surface area contributed by atoms with Crippen molar-refractivity contribution in [2.24, 2.45) is 5.92 Å². The average Bonchev–Trinajstić information content (AvgIpc) is 2.85. The third-order valence-electron chi connectivity index (χ3n) is 5.57. The molecule has 0 heterocycles. The molecule has 184 valence electrons. The molecule has 35 heavy (non-hydrogen) atoms. The van der Waals surface area contributed by atoms with Gasteiger partial charge in [-0.1, -0.05) is 80.0 Å². The van der Waals surface area contributed by atoms with Gasteiger partial charge in [-0.2, -0.15) is 0 Å². The highest BCUT2D eigenvalue weighted by atomic mass is 35.5. The summed E-state index contributed by atoms with van der Waals surface area (Å²) < 4.78 is 5.82. The van der Waals surface area contributed by atoms with E-state index >= 15 is 0 Å². The Morgan fingerprint density at radius 1 is 0.943 bits per heavy atom. The van der Waals surface area contributed by atoms with Gasteiger partial charge in [-0.15, -0.1) is 0 Å². The number of carbonyl (C=O) groups is 2. The number of aryl methyl sites for hydroxylation is 1. The highest BCUT2D eigenvalue weighted by Crippen LogP contribution is 2.18. The van der Waals surface area contributed by atoms with E-state index in [0.29, 0.717) is 29.7 Å². The number of amides is 2. The molecule has 6 heteroatoms. The maximum atomic E-state index is 13.5. The minimum absolute atomic E-state index is 0.167. The second-order valence-corrected chi connectivity index (χ2v) is 9.53. The molecule has 0 fully saturated rings. The molecular weight excluding hydrogens is 460 g/mol. The van der Waals surface area contributed by atoms with Gasteiger partial charge in [-0.3, -0.25) is 9.59 Å². The fourth-order valence-electron chi connectivity index (χ4n) is 3.70. The van der Waals surface area contributed by atoms with Crippen LogP contribution < -0.4 is 10.1 Å². The van der Waals surface area contributed by atoms with Gasteiger partial charge >= 0.3 is 0 Å². The quantitative estimate of drug-likeness (QED) is 0.387. The van der Waals surface area contributed by atoms with E-state index < -0.39 is 6.04 Å². The molecule has 3 aromatic rings. The highest BCUT2D eigenvalue weighted by molar-refractivity contribution is 6.30. The Kier molecular flexibility index (Phi) is 9.74. The molecule has 0 aromatic heterocycles. The molecule has 0 bridgehead atoms. The summed E-state index contributed by atoms with van der Waals surface area (Å²) in [5.74, 6) is 0.470. The summed E-state index contributed by atoms with van der Waals surface area (Å²) in [5.41, 5.74) is 2.90. The number of hydrogen-bond acceptors (Lipinski definition) is 3. The minimum atomic E-state index is -0.694. The molecule has 3 aromatic carbocycles. The summed E-state index contributed by atoms with van der Waals surface area (Å²) >= 11 is 6.07. The summed E-state index contributed by atoms with van der Waals surface area (Å²) in [4.78, 5) is 28.5. The van der Waals surface area contributed by atoms with Gasteiger partial charge in [0.2, 0.25) is 5.91 Å². The predicted octanol–water partition coefficient (Wildman–Crippen LogP) is 5.44. The SMILES string of the molecule is Cc1cccc(OCC(=O)N(Cc2ccc(Cl)cc2)[C@@H](Cc2ccccc2)C(=O)NCC(C)C)c1. The van der Waals surface area contributed by atoms with Gasteiger partial charge in [0.15, 0.2) is 6.61 Å². The Hall–Kier alpha value is -3.31. The second kappa shape index (κ2) is 13.0. The normalized spacial score (nSPS) is 11.7. The molecule has 5 nitrogen and oxygen atoms in total. The Morgan fingerprint density at radius 2 is 1.66 bits per heavy atom. The van der Waals surface area contributed by atoms with E-state index in [0.717, 1.165) is 16.7 Å². The van der Waals surface area contributed by atoms with Crippen LogP contribution >= 0.6 is 11.6 Å². The van der Waals surface area contributed by atoms with E-state index in [2.05, 4.69) is 5.32 Å². The summed E-state index contributed by atoms with van der Waals surface area (Å²) in [6, 6.07) is 23.9. The predicted molar refractivity (Wildman–Crippen MR) is 140 cm³/mol. The van der Waals surface area contributed by atoms with Crippen molar-refractivity contribution in [2.75, 3.05) is 13.2 Å². The molecular formula is C29H33ClN2O3. The lowest BCUT2D eigenvalue weighted by Gasteiger charge is -2.31. The van der Waals surface area contributed by atoms with E-state index in [1.807, 2.05) is 87.5 Å². The van der Waals surface area contributed by atoms with Crippen molar-refractivity contribution < 1.29 is 14.3 Å².